The number of hydrogen-bond donors (Lipinski definition) is 1. The van der Waals surface area contributed by atoms with Crippen molar-refractivity contribution < 1.29 is 0 Å². The van der Waals surface area contributed by atoms with Gasteiger partial charge in [-0.25, -0.2) is 4.98 Å². The topological polar surface area (TPSA) is 47.1 Å². The van der Waals surface area contributed by atoms with E-state index in [9.17, 15) is 0 Å². The SMILES string of the molecule is CC(C)N1CCn2cnc(N)c2C1. The molecule has 0 unspecified atom stereocenters. The Bertz CT molecular complexity index is 303. The van der Waals surface area contributed by atoms with E-state index in [1.165, 1.54) is 5.69 Å². The molecule has 0 amide bonds. The summed E-state index contributed by atoms with van der Waals surface area (Å²) in [7, 11) is 0. The number of nitrogen functional groups attached to an aromatic ring is 1. The van der Waals surface area contributed by atoms with Crippen molar-refractivity contribution in [2.45, 2.75) is 33.0 Å². The standard InChI is InChI=1S/C9H16N4/c1-7(2)12-3-4-13-6-11-9(10)8(13)5-12/h6-7H,3-5,10H2,1-2H3. The van der Waals surface area contributed by atoms with E-state index in [1.54, 1.807) is 0 Å². The first-order valence-electron chi connectivity index (χ1n) is 4.72. The van der Waals surface area contributed by atoms with Crippen molar-refractivity contribution in [3.63, 3.8) is 0 Å². The maximum atomic E-state index is 5.77. The average molecular weight is 180 g/mol. The fourth-order valence-electron chi connectivity index (χ4n) is 1.74. The van der Waals surface area contributed by atoms with Gasteiger partial charge in [-0.3, -0.25) is 4.90 Å². The predicted molar refractivity (Wildman–Crippen MR) is 52.2 cm³/mol. The first kappa shape index (κ1) is 8.56. The van der Waals surface area contributed by atoms with E-state index in [1.807, 2.05) is 6.33 Å². The Balaban J connectivity index is 2.22. The molecule has 2 N–H and O–H groups in total. The number of nitrogens with two attached hydrogens (primary N) is 1. The molecule has 4 nitrogen and oxygen atoms in total. The van der Waals surface area contributed by atoms with Crippen LogP contribution in [0.5, 0.6) is 0 Å². The Morgan fingerprint density at radius 1 is 1.46 bits per heavy atom. The number of imidazole rings is 1. The first-order valence-corrected chi connectivity index (χ1v) is 4.72. The molecule has 1 aromatic heterocycles. The molecule has 0 saturated carbocycles. The number of aromatic nitrogens is 2. The van der Waals surface area contributed by atoms with Gasteiger partial charge in [-0.1, -0.05) is 0 Å². The zero-order chi connectivity index (χ0) is 9.42. The van der Waals surface area contributed by atoms with Crippen molar-refractivity contribution >= 4 is 5.82 Å². The van der Waals surface area contributed by atoms with Crippen LogP contribution in [0.15, 0.2) is 6.33 Å². The third kappa shape index (κ3) is 1.42. The molecule has 0 saturated heterocycles. The van der Waals surface area contributed by atoms with Crippen LogP contribution in [-0.4, -0.2) is 27.0 Å². The molecule has 0 atom stereocenters. The summed E-state index contributed by atoms with van der Waals surface area (Å²) in [6.07, 6.45) is 1.84. The second-order valence-corrected chi connectivity index (χ2v) is 3.83. The van der Waals surface area contributed by atoms with E-state index in [2.05, 4.69) is 28.3 Å². The molecule has 0 aromatic carbocycles. The second-order valence-electron chi connectivity index (χ2n) is 3.83. The lowest BCUT2D eigenvalue weighted by Gasteiger charge is -2.31. The van der Waals surface area contributed by atoms with E-state index in [0.29, 0.717) is 11.9 Å². The van der Waals surface area contributed by atoms with E-state index in [4.69, 9.17) is 5.73 Å². The highest BCUT2D eigenvalue weighted by Gasteiger charge is 2.20. The first-order chi connectivity index (χ1) is 6.18. The van der Waals surface area contributed by atoms with E-state index in [-0.39, 0.29) is 0 Å². The Morgan fingerprint density at radius 3 is 2.92 bits per heavy atom. The smallest absolute Gasteiger partial charge is 0.146 e. The van der Waals surface area contributed by atoms with Crippen LogP contribution in [0, 0.1) is 0 Å². The summed E-state index contributed by atoms with van der Waals surface area (Å²) >= 11 is 0. The molecule has 1 aromatic rings. The van der Waals surface area contributed by atoms with E-state index >= 15 is 0 Å². The Morgan fingerprint density at radius 2 is 2.23 bits per heavy atom. The summed E-state index contributed by atoms with van der Waals surface area (Å²) < 4.78 is 2.15. The molecule has 0 spiro atoms. The minimum atomic E-state index is 0.586. The fourth-order valence-corrected chi connectivity index (χ4v) is 1.74. The minimum absolute atomic E-state index is 0.586. The number of rotatable bonds is 1. The maximum absolute atomic E-state index is 5.77. The third-order valence-electron chi connectivity index (χ3n) is 2.69. The third-order valence-corrected chi connectivity index (χ3v) is 2.69. The summed E-state index contributed by atoms with van der Waals surface area (Å²) in [6, 6.07) is 0.586. The predicted octanol–water partition coefficient (Wildman–Crippen LogP) is 0.689. The summed E-state index contributed by atoms with van der Waals surface area (Å²) in [5.41, 5.74) is 6.93. The quantitative estimate of drug-likeness (QED) is 0.691. The lowest BCUT2D eigenvalue weighted by Crippen LogP contribution is -2.38. The van der Waals surface area contributed by atoms with Crippen molar-refractivity contribution in [3.8, 4) is 0 Å². The maximum Gasteiger partial charge on any atom is 0.146 e. The zero-order valence-corrected chi connectivity index (χ0v) is 8.20. The Hall–Kier alpha value is -1.03. The molecule has 1 aliphatic rings. The van der Waals surface area contributed by atoms with Gasteiger partial charge in [-0.05, 0) is 13.8 Å². The van der Waals surface area contributed by atoms with Crippen LogP contribution in [-0.2, 0) is 13.1 Å². The van der Waals surface area contributed by atoms with Gasteiger partial charge in [0, 0.05) is 25.7 Å². The van der Waals surface area contributed by atoms with Gasteiger partial charge in [0.05, 0.1) is 12.0 Å². The molecule has 0 bridgehead atoms. The fraction of sp³-hybridized carbons (Fsp3) is 0.667. The number of nitrogens with zero attached hydrogens (tertiary/aromatic N) is 3. The Kier molecular flexibility index (Phi) is 2.00. The Labute approximate surface area is 78.4 Å². The van der Waals surface area contributed by atoms with Gasteiger partial charge < -0.3 is 10.3 Å². The molecule has 2 rings (SSSR count). The van der Waals surface area contributed by atoms with Gasteiger partial charge in [0.2, 0.25) is 0 Å². The molecule has 13 heavy (non-hydrogen) atoms. The van der Waals surface area contributed by atoms with Gasteiger partial charge in [0.15, 0.2) is 0 Å². The molecule has 4 heteroatoms. The van der Waals surface area contributed by atoms with Crippen LogP contribution in [0.3, 0.4) is 0 Å². The summed E-state index contributed by atoms with van der Waals surface area (Å²) in [5, 5.41) is 0. The molecule has 0 fully saturated rings. The number of anilines is 1. The van der Waals surface area contributed by atoms with Crippen molar-refractivity contribution in [1.82, 2.24) is 14.5 Å². The largest absolute Gasteiger partial charge is 0.382 e. The van der Waals surface area contributed by atoms with Gasteiger partial charge in [-0.15, -0.1) is 0 Å². The minimum Gasteiger partial charge on any atom is -0.382 e. The van der Waals surface area contributed by atoms with Gasteiger partial charge in [0.25, 0.3) is 0 Å². The van der Waals surface area contributed by atoms with Crippen molar-refractivity contribution in [1.29, 1.82) is 0 Å². The highest BCUT2D eigenvalue weighted by molar-refractivity contribution is 5.35. The van der Waals surface area contributed by atoms with Crippen molar-refractivity contribution in [3.05, 3.63) is 12.0 Å². The molecule has 72 valence electrons. The molecular weight excluding hydrogens is 164 g/mol. The van der Waals surface area contributed by atoms with Gasteiger partial charge in [0.1, 0.15) is 5.82 Å². The molecular formula is C9H16N4. The lowest BCUT2D eigenvalue weighted by atomic mass is 10.2. The summed E-state index contributed by atoms with van der Waals surface area (Å²) in [5.74, 6) is 0.686. The van der Waals surface area contributed by atoms with Gasteiger partial charge >= 0.3 is 0 Å². The number of hydrogen-bond acceptors (Lipinski definition) is 3. The number of fused-ring (bicyclic) bond motifs is 1. The molecule has 2 heterocycles. The van der Waals surface area contributed by atoms with E-state index < -0.39 is 0 Å². The van der Waals surface area contributed by atoms with Crippen LogP contribution >= 0.6 is 0 Å². The normalized spacial score (nSPS) is 17.8. The summed E-state index contributed by atoms with van der Waals surface area (Å²) in [4.78, 5) is 6.52. The highest BCUT2D eigenvalue weighted by Crippen LogP contribution is 2.18. The average Bonchev–Trinajstić information content (AvgIpc) is 2.47. The second kappa shape index (κ2) is 3.03. The zero-order valence-electron chi connectivity index (χ0n) is 8.20. The van der Waals surface area contributed by atoms with Crippen molar-refractivity contribution in [2.24, 2.45) is 0 Å². The van der Waals surface area contributed by atoms with Crippen LogP contribution < -0.4 is 5.73 Å². The van der Waals surface area contributed by atoms with Crippen LogP contribution in [0.4, 0.5) is 5.82 Å². The monoisotopic (exact) mass is 180 g/mol. The molecule has 1 aliphatic heterocycles. The molecule has 0 radical (unpaired) electrons. The lowest BCUT2D eigenvalue weighted by molar-refractivity contribution is 0.177. The van der Waals surface area contributed by atoms with Crippen molar-refractivity contribution in [2.75, 3.05) is 12.3 Å². The van der Waals surface area contributed by atoms with Gasteiger partial charge in [-0.2, -0.15) is 0 Å². The van der Waals surface area contributed by atoms with Crippen LogP contribution in [0.1, 0.15) is 19.5 Å². The highest BCUT2D eigenvalue weighted by atomic mass is 15.2. The van der Waals surface area contributed by atoms with E-state index in [0.717, 1.165) is 19.6 Å². The summed E-state index contributed by atoms with van der Waals surface area (Å²) in [6.45, 7) is 7.46. The van der Waals surface area contributed by atoms with Crippen LogP contribution in [0.2, 0.25) is 0 Å². The molecule has 0 aliphatic carbocycles. The van der Waals surface area contributed by atoms with Crippen LogP contribution in [0.25, 0.3) is 0 Å².